The lowest BCUT2D eigenvalue weighted by molar-refractivity contribution is 0.415. The summed E-state index contributed by atoms with van der Waals surface area (Å²) in [4.78, 5) is 4.68. The maximum Gasteiger partial charge on any atom is 0.119 e. The molecule has 5 rings (SSSR count). The van der Waals surface area contributed by atoms with Crippen LogP contribution in [0.1, 0.15) is 0 Å². The van der Waals surface area contributed by atoms with Gasteiger partial charge in [-0.25, -0.2) is 4.68 Å². The van der Waals surface area contributed by atoms with Gasteiger partial charge in [-0.05, 0) is 42.5 Å². The van der Waals surface area contributed by atoms with E-state index in [1.807, 2.05) is 59.4 Å². The van der Waals surface area contributed by atoms with Crippen molar-refractivity contribution < 1.29 is 4.74 Å². The summed E-state index contributed by atoms with van der Waals surface area (Å²) in [7, 11) is 1.68. The molecule has 2 aromatic heterocycles. The number of pyridine rings is 1. The molecule has 0 atom stereocenters. The fourth-order valence-electron chi connectivity index (χ4n) is 3.47. The van der Waals surface area contributed by atoms with Crippen molar-refractivity contribution in [2.75, 3.05) is 7.11 Å². The van der Waals surface area contributed by atoms with E-state index in [4.69, 9.17) is 9.84 Å². The van der Waals surface area contributed by atoms with Crippen molar-refractivity contribution in [3.63, 3.8) is 0 Å². The molecule has 136 valence electrons. The van der Waals surface area contributed by atoms with Crippen molar-refractivity contribution >= 4 is 37.7 Å². The lowest BCUT2D eigenvalue weighted by Crippen LogP contribution is -1.97. The zero-order chi connectivity index (χ0) is 19.1. The van der Waals surface area contributed by atoms with Crippen LogP contribution < -0.4 is 4.74 Å². The molecule has 0 aliphatic rings. The number of ether oxygens (including phenoxy) is 1. The van der Waals surface area contributed by atoms with E-state index in [-0.39, 0.29) is 0 Å². The van der Waals surface area contributed by atoms with Crippen LogP contribution in [-0.4, -0.2) is 21.9 Å². The van der Waals surface area contributed by atoms with Crippen molar-refractivity contribution in [2.24, 2.45) is 0 Å². The summed E-state index contributed by atoms with van der Waals surface area (Å²) in [6.07, 6.45) is 1.91. The van der Waals surface area contributed by atoms with Gasteiger partial charge in [-0.15, -0.1) is 0 Å². The Morgan fingerprint density at radius 2 is 1.68 bits per heavy atom. The minimum atomic E-state index is 0.798. The first kappa shape index (κ1) is 17.0. The van der Waals surface area contributed by atoms with Gasteiger partial charge in [-0.1, -0.05) is 46.3 Å². The third-order valence-corrected chi connectivity index (χ3v) is 5.36. The summed E-state index contributed by atoms with van der Waals surface area (Å²) in [5.41, 5.74) is 4.89. The Hall–Kier alpha value is -3.18. The van der Waals surface area contributed by atoms with E-state index in [1.54, 1.807) is 7.11 Å². The number of fused-ring (bicyclic) bond motifs is 3. The van der Waals surface area contributed by atoms with Gasteiger partial charge < -0.3 is 4.74 Å². The monoisotopic (exact) mass is 429 g/mol. The topological polar surface area (TPSA) is 39.9 Å². The van der Waals surface area contributed by atoms with Crippen LogP contribution in [0.25, 0.3) is 38.8 Å². The number of rotatable bonds is 3. The highest BCUT2D eigenvalue weighted by Gasteiger charge is 2.17. The van der Waals surface area contributed by atoms with Gasteiger partial charge >= 0.3 is 0 Å². The number of methoxy groups -OCH3 is 1. The molecule has 2 heterocycles. The molecule has 0 spiro atoms. The summed E-state index contributed by atoms with van der Waals surface area (Å²) in [6.45, 7) is 0. The first-order valence-electron chi connectivity index (χ1n) is 8.91. The summed E-state index contributed by atoms with van der Waals surface area (Å²) in [5.74, 6) is 0.798. The SMILES string of the molecule is COc1ccc2ncc3c(-c4ccccc4)nn(-c4ccc(Br)cc4)c3c2c1. The van der Waals surface area contributed by atoms with Crippen molar-refractivity contribution in [1.82, 2.24) is 14.8 Å². The van der Waals surface area contributed by atoms with Crippen LogP contribution in [0, 0.1) is 0 Å². The second kappa shape index (κ2) is 6.77. The van der Waals surface area contributed by atoms with Gasteiger partial charge in [0.1, 0.15) is 11.4 Å². The van der Waals surface area contributed by atoms with Gasteiger partial charge in [0.15, 0.2) is 0 Å². The van der Waals surface area contributed by atoms with Crippen LogP contribution >= 0.6 is 15.9 Å². The highest BCUT2D eigenvalue weighted by Crippen LogP contribution is 2.35. The molecular weight excluding hydrogens is 414 g/mol. The van der Waals surface area contributed by atoms with Crippen molar-refractivity contribution in [1.29, 1.82) is 0 Å². The van der Waals surface area contributed by atoms with E-state index < -0.39 is 0 Å². The van der Waals surface area contributed by atoms with Crippen LogP contribution in [0.3, 0.4) is 0 Å². The Morgan fingerprint density at radius 3 is 2.43 bits per heavy atom. The molecule has 0 amide bonds. The van der Waals surface area contributed by atoms with Crippen LogP contribution in [-0.2, 0) is 0 Å². The van der Waals surface area contributed by atoms with Gasteiger partial charge in [0.2, 0.25) is 0 Å². The minimum absolute atomic E-state index is 0.798. The van der Waals surface area contributed by atoms with E-state index >= 15 is 0 Å². The Kier molecular flexibility index (Phi) is 4.10. The number of hydrogen-bond donors (Lipinski definition) is 0. The molecule has 28 heavy (non-hydrogen) atoms. The van der Waals surface area contributed by atoms with E-state index in [2.05, 4.69) is 45.2 Å². The van der Waals surface area contributed by atoms with Gasteiger partial charge in [0.25, 0.3) is 0 Å². The van der Waals surface area contributed by atoms with E-state index in [1.165, 1.54) is 0 Å². The third-order valence-electron chi connectivity index (χ3n) is 4.83. The van der Waals surface area contributed by atoms with Gasteiger partial charge in [0.05, 0.1) is 23.8 Å². The van der Waals surface area contributed by atoms with Crippen molar-refractivity contribution in [3.05, 3.63) is 83.5 Å². The van der Waals surface area contributed by atoms with Gasteiger partial charge in [0, 0.05) is 27.0 Å². The molecule has 3 aromatic carbocycles. The lowest BCUT2D eigenvalue weighted by atomic mass is 10.1. The highest BCUT2D eigenvalue weighted by atomic mass is 79.9. The quantitative estimate of drug-likeness (QED) is 0.352. The van der Waals surface area contributed by atoms with Crippen LogP contribution in [0.5, 0.6) is 5.75 Å². The molecule has 0 radical (unpaired) electrons. The molecule has 5 heteroatoms. The largest absolute Gasteiger partial charge is 0.497 e. The Balaban J connectivity index is 1.91. The van der Waals surface area contributed by atoms with Crippen molar-refractivity contribution in [3.8, 4) is 22.7 Å². The average Bonchev–Trinajstić information content (AvgIpc) is 3.14. The number of nitrogens with zero attached hydrogens (tertiary/aromatic N) is 3. The molecule has 0 N–H and O–H groups in total. The molecule has 0 fully saturated rings. The second-order valence-electron chi connectivity index (χ2n) is 6.51. The molecule has 4 nitrogen and oxygen atoms in total. The average molecular weight is 430 g/mol. The minimum Gasteiger partial charge on any atom is -0.497 e. The Morgan fingerprint density at radius 1 is 0.893 bits per heavy atom. The number of hydrogen-bond acceptors (Lipinski definition) is 3. The zero-order valence-corrected chi connectivity index (χ0v) is 16.7. The van der Waals surface area contributed by atoms with E-state index in [9.17, 15) is 0 Å². The molecule has 5 aromatic rings. The predicted octanol–water partition coefficient (Wildman–Crippen LogP) is 6.01. The second-order valence-corrected chi connectivity index (χ2v) is 7.42. The molecule has 0 saturated heterocycles. The predicted molar refractivity (Wildman–Crippen MR) is 116 cm³/mol. The maximum absolute atomic E-state index is 5.46. The summed E-state index contributed by atoms with van der Waals surface area (Å²) in [5, 5.41) is 7.00. The maximum atomic E-state index is 5.46. The normalized spacial score (nSPS) is 11.2. The molecule has 0 unspecified atom stereocenters. The van der Waals surface area contributed by atoms with E-state index in [0.29, 0.717) is 0 Å². The molecular formula is C23H16BrN3O. The van der Waals surface area contributed by atoms with E-state index in [0.717, 1.165) is 49.0 Å². The summed E-state index contributed by atoms with van der Waals surface area (Å²) >= 11 is 3.51. The van der Waals surface area contributed by atoms with Crippen LogP contribution in [0.2, 0.25) is 0 Å². The fourth-order valence-corrected chi connectivity index (χ4v) is 3.73. The third kappa shape index (κ3) is 2.75. The molecule has 0 aliphatic heterocycles. The van der Waals surface area contributed by atoms with Crippen LogP contribution in [0.15, 0.2) is 83.5 Å². The van der Waals surface area contributed by atoms with Gasteiger partial charge in [-0.3, -0.25) is 4.98 Å². The molecule has 0 saturated carbocycles. The zero-order valence-electron chi connectivity index (χ0n) is 15.1. The Labute approximate surface area is 170 Å². The standard InChI is InChI=1S/C23H16BrN3O/c1-28-18-11-12-21-19(13-18)23-20(14-25-21)22(15-5-3-2-4-6-15)26-27(23)17-9-7-16(24)8-10-17/h2-14H,1H3. The lowest BCUT2D eigenvalue weighted by Gasteiger charge is -2.07. The Bertz CT molecular complexity index is 1290. The number of aromatic nitrogens is 3. The first-order chi connectivity index (χ1) is 13.7. The summed E-state index contributed by atoms with van der Waals surface area (Å²) in [6, 6.07) is 24.3. The van der Waals surface area contributed by atoms with Crippen molar-refractivity contribution in [2.45, 2.75) is 0 Å². The smallest absolute Gasteiger partial charge is 0.119 e. The first-order valence-corrected chi connectivity index (χ1v) is 9.71. The summed E-state index contributed by atoms with van der Waals surface area (Å²) < 4.78 is 8.49. The fraction of sp³-hybridized carbons (Fsp3) is 0.0435. The van der Waals surface area contributed by atoms with Crippen LogP contribution in [0.4, 0.5) is 0 Å². The molecule has 0 bridgehead atoms. The number of benzene rings is 3. The highest BCUT2D eigenvalue weighted by molar-refractivity contribution is 9.10. The number of halogens is 1. The molecule has 0 aliphatic carbocycles. The van der Waals surface area contributed by atoms with Gasteiger partial charge in [-0.2, -0.15) is 5.10 Å².